The van der Waals surface area contributed by atoms with Crippen molar-refractivity contribution < 1.29 is 14.6 Å². The summed E-state index contributed by atoms with van der Waals surface area (Å²) in [4.78, 5) is 11.8. The van der Waals surface area contributed by atoms with Crippen LogP contribution < -0.4 is 5.32 Å². The predicted molar refractivity (Wildman–Crippen MR) is 69.3 cm³/mol. The molecular formula is C13H14ClNO3. The molecule has 0 radical (unpaired) electrons. The van der Waals surface area contributed by atoms with Crippen LogP contribution in [0.3, 0.4) is 0 Å². The molecule has 0 saturated heterocycles. The van der Waals surface area contributed by atoms with E-state index in [0.29, 0.717) is 5.56 Å². The van der Waals surface area contributed by atoms with Crippen molar-refractivity contribution in [2.24, 2.45) is 0 Å². The van der Waals surface area contributed by atoms with Gasteiger partial charge in [-0.3, -0.25) is 5.32 Å². The molecule has 0 saturated carbocycles. The van der Waals surface area contributed by atoms with Gasteiger partial charge in [-0.2, -0.15) is 0 Å². The van der Waals surface area contributed by atoms with Crippen LogP contribution in [0.2, 0.25) is 5.02 Å². The van der Waals surface area contributed by atoms with Gasteiger partial charge in [-0.1, -0.05) is 23.6 Å². The third kappa shape index (κ3) is 3.66. The zero-order valence-corrected chi connectivity index (χ0v) is 10.7. The van der Waals surface area contributed by atoms with Crippen LogP contribution in [0, 0.1) is 12.3 Å². The van der Waals surface area contributed by atoms with Crippen LogP contribution in [0.4, 0.5) is 0 Å². The lowest BCUT2D eigenvalue weighted by atomic mass is 10.1. The van der Waals surface area contributed by atoms with E-state index in [9.17, 15) is 9.90 Å². The predicted octanol–water partition coefficient (Wildman–Crippen LogP) is 1.87. The number of esters is 1. The van der Waals surface area contributed by atoms with Crippen LogP contribution in [0.15, 0.2) is 18.2 Å². The van der Waals surface area contributed by atoms with Gasteiger partial charge in [-0.05, 0) is 24.6 Å². The Kier molecular flexibility index (Phi) is 5.50. The van der Waals surface area contributed by atoms with Crippen molar-refractivity contribution in [3.8, 4) is 18.1 Å². The van der Waals surface area contributed by atoms with Gasteiger partial charge in [-0.25, -0.2) is 4.79 Å². The SMILES string of the molecule is C#CCNC(C(=O)OCC)c1ccc(O)c(Cl)c1. The molecule has 1 rings (SSSR count). The Balaban J connectivity index is 2.97. The number of rotatable bonds is 5. The maximum atomic E-state index is 11.8. The molecule has 0 aliphatic carbocycles. The highest BCUT2D eigenvalue weighted by molar-refractivity contribution is 6.32. The van der Waals surface area contributed by atoms with Gasteiger partial charge in [0.05, 0.1) is 18.2 Å². The fraction of sp³-hybridized carbons (Fsp3) is 0.308. The second kappa shape index (κ2) is 6.90. The van der Waals surface area contributed by atoms with E-state index in [0.717, 1.165) is 0 Å². The highest BCUT2D eigenvalue weighted by atomic mass is 35.5. The minimum atomic E-state index is -0.695. The zero-order valence-electron chi connectivity index (χ0n) is 9.94. The average molecular weight is 268 g/mol. The number of hydrogen-bond acceptors (Lipinski definition) is 4. The Morgan fingerprint density at radius 1 is 1.67 bits per heavy atom. The number of benzene rings is 1. The number of ether oxygens (including phenoxy) is 1. The van der Waals surface area contributed by atoms with Crippen LogP contribution >= 0.6 is 11.6 Å². The lowest BCUT2D eigenvalue weighted by molar-refractivity contribution is -0.145. The van der Waals surface area contributed by atoms with Gasteiger partial charge in [0.25, 0.3) is 0 Å². The smallest absolute Gasteiger partial charge is 0.327 e. The Hall–Kier alpha value is -1.70. The number of phenolic OH excluding ortho intramolecular Hbond substituents is 1. The van der Waals surface area contributed by atoms with Crippen LogP contribution in [0.1, 0.15) is 18.5 Å². The molecular weight excluding hydrogens is 254 g/mol. The van der Waals surface area contributed by atoms with E-state index in [1.807, 2.05) is 0 Å². The second-order valence-corrected chi connectivity index (χ2v) is 3.89. The Labute approximate surface area is 111 Å². The number of halogens is 1. The lowest BCUT2D eigenvalue weighted by Gasteiger charge is -2.16. The summed E-state index contributed by atoms with van der Waals surface area (Å²) in [5.74, 6) is 1.91. The molecule has 0 aliphatic heterocycles. The quantitative estimate of drug-likeness (QED) is 0.632. The summed E-state index contributed by atoms with van der Waals surface area (Å²) in [5, 5.41) is 12.4. The van der Waals surface area contributed by atoms with Crippen LogP contribution in [0.25, 0.3) is 0 Å². The molecule has 1 aromatic rings. The molecule has 0 aliphatic rings. The molecule has 0 bridgehead atoms. The minimum absolute atomic E-state index is 0.0417. The monoisotopic (exact) mass is 267 g/mol. The molecule has 1 unspecified atom stereocenters. The molecule has 18 heavy (non-hydrogen) atoms. The van der Waals surface area contributed by atoms with Gasteiger partial charge >= 0.3 is 5.97 Å². The van der Waals surface area contributed by atoms with Crippen molar-refractivity contribution in [3.63, 3.8) is 0 Å². The van der Waals surface area contributed by atoms with E-state index in [4.69, 9.17) is 22.8 Å². The van der Waals surface area contributed by atoms with E-state index in [1.165, 1.54) is 12.1 Å². The Morgan fingerprint density at radius 2 is 2.39 bits per heavy atom. The minimum Gasteiger partial charge on any atom is -0.506 e. The van der Waals surface area contributed by atoms with Crippen molar-refractivity contribution in [1.82, 2.24) is 5.32 Å². The standard InChI is InChI=1S/C13H14ClNO3/c1-3-7-15-12(13(17)18-4-2)9-5-6-11(16)10(14)8-9/h1,5-6,8,12,15-16H,4,7H2,2H3. The summed E-state index contributed by atoms with van der Waals surface area (Å²) in [6.07, 6.45) is 5.15. The number of hydrogen-bond donors (Lipinski definition) is 2. The maximum absolute atomic E-state index is 11.8. The highest BCUT2D eigenvalue weighted by Crippen LogP contribution is 2.27. The fourth-order valence-corrected chi connectivity index (χ4v) is 1.62. The van der Waals surface area contributed by atoms with Gasteiger partial charge in [0.15, 0.2) is 0 Å². The van der Waals surface area contributed by atoms with Crippen LogP contribution in [-0.4, -0.2) is 24.2 Å². The Bertz CT molecular complexity index is 468. The number of aromatic hydroxyl groups is 1. The van der Waals surface area contributed by atoms with Crippen molar-refractivity contribution in [1.29, 1.82) is 0 Å². The lowest BCUT2D eigenvalue weighted by Crippen LogP contribution is -2.30. The number of nitrogens with one attached hydrogen (secondary N) is 1. The first-order valence-electron chi connectivity index (χ1n) is 5.42. The molecule has 96 valence electrons. The molecule has 1 atom stereocenters. The molecule has 0 spiro atoms. The topological polar surface area (TPSA) is 58.6 Å². The Morgan fingerprint density at radius 3 is 2.94 bits per heavy atom. The summed E-state index contributed by atoms with van der Waals surface area (Å²) in [6.45, 7) is 2.22. The van der Waals surface area contributed by atoms with E-state index in [1.54, 1.807) is 13.0 Å². The van der Waals surface area contributed by atoms with Gasteiger partial charge in [0, 0.05) is 0 Å². The summed E-state index contributed by atoms with van der Waals surface area (Å²) < 4.78 is 4.95. The second-order valence-electron chi connectivity index (χ2n) is 3.48. The molecule has 0 aromatic heterocycles. The van der Waals surface area contributed by atoms with Gasteiger partial charge in [0.1, 0.15) is 11.8 Å². The summed E-state index contributed by atoms with van der Waals surface area (Å²) in [6, 6.07) is 3.81. The zero-order chi connectivity index (χ0) is 13.5. The van der Waals surface area contributed by atoms with Gasteiger partial charge in [0.2, 0.25) is 0 Å². The highest BCUT2D eigenvalue weighted by Gasteiger charge is 2.21. The number of carbonyl (C=O) groups is 1. The molecule has 4 nitrogen and oxygen atoms in total. The van der Waals surface area contributed by atoms with E-state index in [2.05, 4.69) is 11.2 Å². The first kappa shape index (κ1) is 14.4. The van der Waals surface area contributed by atoms with E-state index < -0.39 is 12.0 Å². The van der Waals surface area contributed by atoms with Crippen molar-refractivity contribution in [2.75, 3.05) is 13.2 Å². The largest absolute Gasteiger partial charge is 0.506 e. The number of phenols is 1. The molecule has 0 heterocycles. The van der Waals surface area contributed by atoms with Crippen LogP contribution in [0.5, 0.6) is 5.75 Å². The van der Waals surface area contributed by atoms with Gasteiger partial charge < -0.3 is 9.84 Å². The van der Waals surface area contributed by atoms with E-state index in [-0.39, 0.29) is 23.9 Å². The summed E-state index contributed by atoms with van der Waals surface area (Å²) in [7, 11) is 0. The molecule has 2 N–H and O–H groups in total. The molecule has 5 heteroatoms. The first-order valence-corrected chi connectivity index (χ1v) is 5.79. The van der Waals surface area contributed by atoms with Crippen molar-refractivity contribution in [2.45, 2.75) is 13.0 Å². The maximum Gasteiger partial charge on any atom is 0.327 e. The first-order chi connectivity index (χ1) is 8.60. The molecule has 0 amide bonds. The number of carbonyl (C=O) groups excluding carboxylic acids is 1. The number of terminal acetylenes is 1. The third-order valence-electron chi connectivity index (χ3n) is 2.24. The van der Waals surface area contributed by atoms with Crippen molar-refractivity contribution in [3.05, 3.63) is 28.8 Å². The summed E-state index contributed by atoms with van der Waals surface area (Å²) in [5.41, 5.74) is 0.589. The fourth-order valence-electron chi connectivity index (χ4n) is 1.43. The summed E-state index contributed by atoms with van der Waals surface area (Å²) >= 11 is 5.80. The average Bonchev–Trinajstić information content (AvgIpc) is 2.34. The molecule has 0 fully saturated rings. The van der Waals surface area contributed by atoms with E-state index >= 15 is 0 Å². The third-order valence-corrected chi connectivity index (χ3v) is 2.54. The van der Waals surface area contributed by atoms with Crippen molar-refractivity contribution >= 4 is 17.6 Å². The van der Waals surface area contributed by atoms with Gasteiger partial charge in [-0.15, -0.1) is 6.42 Å². The normalized spacial score (nSPS) is 11.6. The van der Waals surface area contributed by atoms with Crippen LogP contribution in [-0.2, 0) is 9.53 Å². The molecule has 1 aromatic carbocycles.